The first kappa shape index (κ1) is 12.7. The third-order valence-electron chi connectivity index (χ3n) is 3.79. The fourth-order valence-corrected chi connectivity index (χ4v) is 3.12. The first-order valence-electron chi connectivity index (χ1n) is 6.38. The van der Waals surface area contributed by atoms with Crippen molar-refractivity contribution >= 4 is 27.3 Å². The number of nitrogens with one attached hydrogen (secondary N) is 1. The molecular formula is C14H21BrN2. The normalized spacial score (nSPS) is 29.0. The highest BCUT2D eigenvalue weighted by molar-refractivity contribution is 9.10. The molecule has 0 spiro atoms. The zero-order chi connectivity index (χ0) is 12.4. The van der Waals surface area contributed by atoms with Crippen LogP contribution in [0.2, 0.25) is 0 Å². The van der Waals surface area contributed by atoms with E-state index < -0.39 is 0 Å². The van der Waals surface area contributed by atoms with Crippen LogP contribution in [-0.4, -0.2) is 6.04 Å². The molecule has 0 bridgehead atoms. The summed E-state index contributed by atoms with van der Waals surface area (Å²) in [5, 5.41) is 3.60. The number of nitrogen functional groups attached to an aromatic ring is 1. The van der Waals surface area contributed by atoms with Crippen LogP contribution in [0.15, 0.2) is 22.7 Å². The molecule has 0 amide bonds. The Bertz CT molecular complexity index is 392. The monoisotopic (exact) mass is 296 g/mol. The molecule has 94 valence electrons. The number of hydrogen-bond acceptors (Lipinski definition) is 2. The molecule has 1 saturated carbocycles. The lowest BCUT2D eigenvalue weighted by Crippen LogP contribution is -2.33. The maximum absolute atomic E-state index is 6.02. The lowest BCUT2D eigenvalue weighted by molar-refractivity contribution is 0.276. The Kier molecular flexibility index (Phi) is 3.97. The van der Waals surface area contributed by atoms with E-state index >= 15 is 0 Å². The maximum atomic E-state index is 6.02. The molecule has 2 rings (SSSR count). The molecule has 0 heterocycles. The van der Waals surface area contributed by atoms with E-state index in [1.54, 1.807) is 0 Å². The molecule has 1 aliphatic carbocycles. The standard InChI is InChI=1S/C14H21BrN2/c1-9-3-5-13(10(2)7-9)17-14-6-4-11(15)8-12(14)16/h4,6,8-10,13,17H,3,5,7,16H2,1-2H3. The maximum Gasteiger partial charge on any atom is 0.0576 e. The summed E-state index contributed by atoms with van der Waals surface area (Å²) in [5.74, 6) is 1.59. The van der Waals surface area contributed by atoms with E-state index in [1.807, 2.05) is 12.1 Å². The summed E-state index contributed by atoms with van der Waals surface area (Å²) in [6, 6.07) is 6.62. The third kappa shape index (κ3) is 3.15. The summed E-state index contributed by atoms with van der Waals surface area (Å²) in [5.41, 5.74) is 7.91. The van der Waals surface area contributed by atoms with Crippen molar-refractivity contribution in [1.82, 2.24) is 0 Å². The van der Waals surface area contributed by atoms with Gasteiger partial charge in [-0.1, -0.05) is 29.8 Å². The zero-order valence-electron chi connectivity index (χ0n) is 10.5. The van der Waals surface area contributed by atoms with Crippen LogP contribution in [0.1, 0.15) is 33.1 Å². The molecule has 1 aromatic carbocycles. The van der Waals surface area contributed by atoms with Crippen molar-refractivity contribution in [2.75, 3.05) is 11.1 Å². The van der Waals surface area contributed by atoms with Crippen LogP contribution in [0.5, 0.6) is 0 Å². The van der Waals surface area contributed by atoms with Crippen molar-refractivity contribution in [3.8, 4) is 0 Å². The highest BCUT2D eigenvalue weighted by Gasteiger charge is 2.25. The number of anilines is 2. The molecule has 17 heavy (non-hydrogen) atoms. The van der Waals surface area contributed by atoms with Gasteiger partial charge in [0.05, 0.1) is 11.4 Å². The number of nitrogens with two attached hydrogens (primary N) is 1. The van der Waals surface area contributed by atoms with E-state index in [0.29, 0.717) is 6.04 Å². The molecule has 0 radical (unpaired) electrons. The van der Waals surface area contributed by atoms with Crippen molar-refractivity contribution in [1.29, 1.82) is 0 Å². The molecular weight excluding hydrogens is 276 g/mol. The van der Waals surface area contributed by atoms with Crippen LogP contribution in [0, 0.1) is 11.8 Å². The van der Waals surface area contributed by atoms with E-state index in [2.05, 4.69) is 41.2 Å². The van der Waals surface area contributed by atoms with E-state index in [4.69, 9.17) is 5.73 Å². The van der Waals surface area contributed by atoms with Crippen LogP contribution < -0.4 is 11.1 Å². The van der Waals surface area contributed by atoms with Gasteiger partial charge in [0.15, 0.2) is 0 Å². The Morgan fingerprint density at radius 2 is 2.06 bits per heavy atom. The van der Waals surface area contributed by atoms with Crippen LogP contribution in [-0.2, 0) is 0 Å². The zero-order valence-corrected chi connectivity index (χ0v) is 12.1. The van der Waals surface area contributed by atoms with Gasteiger partial charge in [-0.3, -0.25) is 0 Å². The van der Waals surface area contributed by atoms with Gasteiger partial charge in [-0.2, -0.15) is 0 Å². The quantitative estimate of drug-likeness (QED) is 0.800. The predicted molar refractivity (Wildman–Crippen MR) is 78.1 cm³/mol. The van der Waals surface area contributed by atoms with E-state index in [9.17, 15) is 0 Å². The van der Waals surface area contributed by atoms with Crippen LogP contribution in [0.3, 0.4) is 0 Å². The molecule has 0 saturated heterocycles. The molecule has 3 atom stereocenters. The van der Waals surface area contributed by atoms with Gasteiger partial charge < -0.3 is 11.1 Å². The van der Waals surface area contributed by atoms with Gasteiger partial charge in [-0.25, -0.2) is 0 Å². The SMILES string of the molecule is CC1CCC(Nc2ccc(Br)cc2N)C(C)C1. The lowest BCUT2D eigenvalue weighted by atomic mass is 9.80. The predicted octanol–water partition coefficient (Wildman–Crippen LogP) is 4.27. The van der Waals surface area contributed by atoms with Gasteiger partial charge in [0.25, 0.3) is 0 Å². The number of halogens is 1. The molecule has 1 aliphatic rings. The summed E-state index contributed by atoms with van der Waals surface area (Å²) in [6.07, 6.45) is 3.88. The molecule has 0 aliphatic heterocycles. The highest BCUT2D eigenvalue weighted by atomic mass is 79.9. The average Bonchev–Trinajstić information content (AvgIpc) is 2.25. The summed E-state index contributed by atoms with van der Waals surface area (Å²) in [6.45, 7) is 4.68. The van der Waals surface area contributed by atoms with E-state index in [0.717, 1.165) is 27.7 Å². The minimum absolute atomic E-state index is 0.565. The molecule has 1 aromatic rings. The number of benzene rings is 1. The molecule has 3 N–H and O–H groups in total. The minimum atomic E-state index is 0.565. The van der Waals surface area contributed by atoms with Gasteiger partial charge in [0.2, 0.25) is 0 Å². The average molecular weight is 297 g/mol. The minimum Gasteiger partial charge on any atom is -0.397 e. The third-order valence-corrected chi connectivity index (χ3v) is 4.28. The Hall–Kier alpha value is -0.700. The summed E-state index contributed by atoms with van der Waals surface area (Å²) in [7, 11) is 0. The van der Waals surface area contributed by atoms with Crippen molar-refractivity contribution in [3.63, 3.8) is 0 Å². The number of hydrogen-bond donors (Lipinski definition) is 2. The summed E-state index contributed by atoms with van der Waals surface area (Å²) >= 11 is 3.43. The fourth-order valence-electron chi connectivity index (χ4n) is 2.74. The van der Waals surface area contributed by atoms with Gasteiger partial charge >= 0.3 is 0 Å². The first-order valence-corrected chi connectivity index (χ1v) is 7.17. The van der Waals surface area contributed by atoms with Gasteiger partial charge in [-0.15, -0.1) is 0 Å². The summed E-state index contributed by atoms with van der Waals surface area (Å²) < 4.78 is 1.03. The molecule has 0 aromatic heterocycles. The molecule has 1 fully saturated rings. The van der Waals surface area contributed by atoms with Gasteiger partial charge in [0.1, 0.15) is 0 Å². The molecule has 3 unspecified atom stereocenters. The van der Waals surface area contributed by atoms with Crippen molar-refractivity contribution < 1.29 is 0 Å². The van der Waals surface area contributed by atoms with Crippen molar-refractivity contribution in [3.05, 3.63) is 22.7 Å². The smallest absolute Gasteiger partial charge is 0.0576 e. The Balaban J connectivity index is 2.05. The topological polar surface area (TPSA) is 38.0 Å². The van der Waals surface area contributed by atoms with Crippen LogP contribution >= 0.6 is 15.9 Å². The lowest BCUT2D eigenvalue weighted by Gasteiger charge is -2.34. The number of rotatable bonds is 2. The highest BCUT2D eigenvalue weighted by Crippen LogP contribution is 2.32. The van der Waals surface area contributed by atoms with Gasteiger partial charge in [-0.05, 0) is 49.3 Å². The van der Waals surface area contributed by atoms with E-state index in [1.165, 1.54) is 19.3 Å². The second kappa shape index (κ2) is 5.30. The molecule has 2 nitrogen and oxygen atoms in total. The van der Waals surface area contributed by atoms with Crippen LogP contribution in [0.4, 0.5) is 11.4 Å². The van der Waals surface area contributed by atoms with Crippen molar-refractivity contribution in [2.45, 2.75) is 39.2 Å². The molecule has 3 heteroatoms. The Morgan fingerprint density at radius 3 is 2.71 bits per heavy atom. The Morgan fingerprint density at radius 1 is 1.29 bits per heavy atom. The fraction of sp³-hybridized carbons (Fsp3) is 0.571. The van der Waals surface area contributed by atoms with Gasteiger partial charge in [0, 0.05) is 10.5 Å². The first-order chi connectivity index (χ1) is 8.06. The summed E-state index contributed by atoms with van der Waals surface area (Å²) in [4.78, 5) is 0. The largest absolute Gasteiger partial charge is 0.397 e. The van der Waals surface area contributed by atoms with Crippen LogP contribution in [0.25, 0.3) is 0 Å². The Labute approximate surface area is 112 Å². The van der Waals surface area contributed by atoms with Crippen molar-refractivity contribution in [2.24, 2.45) is 11.8 Å². The van der Waals surface area contributed by atoms with E-state index in [-0.39, 0.29) is 0 Å². The second-order valence-electron chi connectivity index (χ2n) is 5.38. The second-order valence-corrected chi connectivity index (χ2v) is 6.29.